The molecule has 2 aromatic carbocycles. The standard InChI is InChI=1S/C20H20O3S/c1-4-24-20-13(2)16(18-6-5-11-23-18)12-17(21)19(20)14-7-9-15(22-3)10-8-14/h5-12,21H,4H2,1-3H3. The molecule has 1 N–H and O–H groups in total. The van der Waals surface area contributed by atoms with Crippen LogP contribution in [0.15, 0.2) is 58.0 Å². The summed E-state index contributed by atoms with van der Waals surface area (Å²) in [4.78, 5) is 1.08. The third-order valence-electron chi connectivity index (χ3n) is 3.96. The molecule has 0 radical (unpaired) electrons. The van der Waals surface area contributed by atoms with E-state index in [4.69, 9.17) is 9.15 Å². The molecule has 3 nitrogen and oxygen atoms in total. The third-order valence-corrected chi connectivity index (χ3v) is 5.05. The van der Waals surface area contributed by atoms with Crippen LogP contribution >= 0.6 is 11.8 Å². The maximum Gasteiger partial charge on any atom is 0.134 e. The first kappa shape index (κ1) is 16.5. The summed E-state index contributed by atoms with van der Waals surface area (Å²) in [5, 5.41) is 10.7. The van der Waals surface area contributed by atoms with Gasteiger partial charge in [0, 0.05) is 16.0 Å². The first-order valence-corrected chi connectivity index (χ1v) is 8.82. The fraction of sp³-hybridized carbons (Fsp3) is 0.200. The third kappa shape index (κ3) is 3.02. The molecular formula is C20H20O3S. The van der Waals surface area contributed by atoms with Gasteiger partial charge in [-0.15, -0.1) is 11.8 Å². The molecule has 3 rings (SSSR count). The Bertz CT molecular complexity index is 821. The highest BCUT2D eigenvalue weighted by atomic mass is 32.2. The van der Waals surface area contributed by atoms with Crippen LogP contribution in [0, 0.1) is 6.92 Å². The molecule has 0 saturated heterocycles. The van der Waals surface area contributed by atoms with Gasteiger partial charge in [-0.3, -0.25) is 0 Å². The summed E-state index contributed by atoms with van der Waals surface area (Å²) in [6.45, 7) is 4.18. The molecule has 1 aromatic heterocycles. The number of phenols is 1. The Morgan fingerprint density at radius 2 is 1.92 bits per heavy atom. The Labute approximate surface area is 146 Å². The molecule has 0 atom stereocenters. The minimum absolute atomic E-state index is 0.258. The number of rotatable bonds is 5. The molecule has 4 heteroatoms. The molecule has 0 aliphatic heterocycles. The lowest BCUT2D eigenvalue weighted by atomic mass is 9.97. The second-order valence-corrected chi connectivity index (χ2v) is 6.69. The molecule has 0 amide bonds. The van der Waals surface area contributed by atoms with Crippen molar-refractivity contribution in [2.45, 2.75) is 18.7 Å². The van der Waals surface area contributed by atoms with Crippen LogP contribution in [-0.2, 0) is 0 Å². The second-order valence-electron chi connectivity index (χ2n) is 5.41. The summed E-state index contributed by atoms with van der Waals surface area (Å²) < 4.78 is 10.8. The van der Waals surface area contributed by atoms with Gasteiger partial charge in [-0.05, 0) is 54.1 Å². The van der Waals surface area contributed by atoms with Crippen LogP contribution in [0.3, 0.4) is 0 Å². The fourth-order valence-corrected chi connectivity index (χ4v) is 3.77. The van der Waals surface area contributed by atoms with Gasteiger partial charge in [0.2, 0.25) is 0 Å². The van der Waals surface area contributed by atoms with E-state index < -0.39 is 0 Å². The predicted octanol–water partition coefficient (Wildman–Crippen LogP) is 5.75. The van der Waals surface area contributed by atoms with Crippen LogP contribution in [0.5, 0.6) is 11.5 Å². The predicted molar refractivity (Wildman–Crippen MR) is 98.9 cm³/mol. The monoisotopic (exact) mass is 340 g/mol. The average Bonchev–Trinajstić information content (AvgIpc) is 3.13. The van der Waals surface area contributed by atoms with Crippen molar-refractivity contribution in [2.75, 3.05) is 12.9 Å². The molecule has 0 spiro atoms. The number of methoxy groups -OCH3 is 1. The van der Waals surface area contributed by atoms with Crippen LogP contribution in [0.4, 0.5) is 0 Å². The summed E-state index contributed by atoms with van der Waals surface area (Å²) in [5.41, 5.74) is 3.86. The van der Waals surface area contributed by atoms with Crippen molar-refractivity contribution in [1.82, 2.24) is 0 Å². The smallest absolute Gasteiger partial charge is 0.134 e. The van der Waals surface area contributed by atoms with E-state index in [0.717, 1.165) is 44.4 Å². The highest BCUT2D eigenvalue weighted by Gasteiger charge is 2.19. The van der Waals surface area contributed by atoms with Crippen molar-refractivity contribution in [3.8, 4) is 33.9 Å². The Morgan fingerprint density at radius 1 is 1.17 bits per heavy atom. The zero-order valence-corrected chi connectivity index (χ0v) is 14.8. The SMILES string of the molecule is CCSc1c(C)c(-c2ccco2)cc(O)c1-c1ccc(OC)cc1. The van der Waals surface area contributed by atoms with E-state index in [9.17, 15) is 5.11 Å². The number of thioether (sulfide) groups is 1. The minimum Gasteiger partial charge on any atom is -0.507 e. The molecule has 24 heavy (non-hydrogen) atoms. The summed E-state index contributed by atoms with van der Waals surface area (Å²) in [5.74, 6) is 2.74. The van der Waals surface area contributed by atoms with Gasteiger partial charge in [-0.1, -0.05) is 19.1 Å². The van der Waals surface area contributed by atoms with Crippen LogP contribution in [0.2, 0.25) is 0 Å². The van der Waals surface area contributed by atoms with Gasteiger partial charge in [0.05, 0.1) is 13.4 Å². The number of benzene rings is 2. The fourth-order valence-electron chi connectivity index (χ4n) is 2.79. The topological polar surface area (TPSA) is 42.6 Å². The normalized spacial score (nSPS) is 10.8. The number of hydrogen-bond acceptors (Lipinski definition) is 4. The molecular weight excluding hydrogens is 320 g/mol. The number of aromatic hydroxyl groups is 1. The highest BCUT2D eigenvalue weighted by Crippen LogP contribution is 2.45. The van der Waals surface area contributed by atoms with Gasteiger partial charge < -0.3 is 14.3 Å². The van der Waals surface area contributed by atoms with Gasteiger partial charge in [0.15, 0.2) is 0 Å². The lowest BCUT2D eigenvalue weighted by Crippen LogP contribution is -1.93. The van der Waals surface area contributed by atoms with Crippen LogP contribution in [0.25, 0.3) is 22.5 Å². The number of furan rings is 1. The molecule has 124 valence electrons. The van der Waals surface area contributed by atoms with E-state index in [1.807, 2.05) is 36.4 Å². The summed E-state index contributed by atoms with van der Waals surface area (Å²) >= 11 is 1.73. The molecule has 0 fully saturated rings. The maximum absolute atomic E-state index is 10.7. The van der Waals surface area contributed by atoms with E-state index in [0.29, 0.717) is 0 Å². The Balaban J connectivity index is 2.19. The molecule has 3 aromatic rings. The van der Waals surface area contributed by atoms with Crippen molar-refractivity contribution in [3.63, 3.8) is 0 Å². The molecule has 0 unspecified atom stereocenters. The van der Waals surface area contributed by atoms with Crippen LogP contribution in [0.1, 0.15) is 12.5 Å². The van der Waals surface area contributed by atoms with Gasteiger partial charge in [-0.2, -0.15) is 0 Å². The first-order valence-electron chi connectivity index (χ1n) is 7.83. The first-order chi connectivity index (χ1) is 11.7. The van der Waals surface area contributed by atoms with Crippen LogP contribution < -0.4 is 4.74 Å². The summed E-state index contributed by atoms with van der Waals surface area (Å²) in [7, 11) is 1.65. The zero-order chi connectivity index (χ0) is 17.1. The number of hydrogen-bond donors (Lipinski definition) is 1. The molecule has 0 bridgehead atoms. The minimum atomic E-state index is 0.258. The van der Waals surface area contributed by atoms with Crippen molar-refractivity contribution in [3.05, 3.63) is 54.3 Å². The zero-order valence-electron chi connectivity index (χ0n) is 14.0. The lowest BCUT2D eigenvalue weighted by Gasteiger charge is -2.17. The number of phenolic OH excluding ortho intramolecular Hbond substituents is 1. The van der Waals surface area contributed by atoms with Crippen molar-refractivity contribution >= 4 is 11.8 Å². The van der Waals surface area contributed by atoms with Gasteiger partial charge >= 0.3 is 0 Å². The van der Waals surface area contributed by atoms with E-state index in [1.165, 1.54) is 0 Å². The quantitative estimate of drug-likeness (QED) is 0.601. The molecule has 0 aliphatic rings. The van der Waals surface area contributed by atoms with E-state index in [-0.39, 0.29) is 5.75 Å². The van der Waals surface area contributed by atoms with Crippen molar-refractivity contribution in [1.29, 1.82) is 0 Å². The van der Waals surface area contributed by atoms with Crippen LogP contribution in [-0.4, -0.2) is 18.0 Å². The largest absolute Gasteiger partial charge is 0.507 e. The summed E-state index contributed by atoms with van der Waals surface area (Å²) in [6, 6.07) is 13.3. The van der Waals surface area contributed by atoms with Crippen molar-refractivity contribution in [2.24, 2.45) is 0 Å². The van der Waals surface area contributed by atoms with Gasteiger partial charge in [0.25, 0.3) is 0 Å². The maximum atomic E-state index is 10.7. The Morgan fingerprint density at radius 3 is 2.50 bits per heavy atom. The number of ether oxygens (including phenoxy) is 1. The van der Waals surface area contributed by atoms with Crippen molar-refractivity contribution < 1.29 is 14.3 Å². The van der Waals surface area contributed by atoms with Gasteiger partial charge in [0.1, 0.15) is 17.3 Å². The molecule has 0 saturated carbocycles. The molecule has 1 heterocycles. The Hall–Kier alpha value is -2.33. The van der Waals surface area contributed by atoms with E-state index in [1.54, 1.807) is 31.2 Å². The summed E-state index contributed by atoms with van der Waals surface area (Å²) in [6.07, 6.45) is 1.65. The molecule has 0 aliphatic carbocycles. The lowest BCUT2D eigenvalue weighted by molar-refractivity contribution is 0.415. The van der Waals surface area contributed by atoms with E-state index in [2.05, 4.69) is 13.8 Å². The van der Waals surface area contributed by atoms with E-state index >= 15 is 0 Å². The highest BCUT2D eigenvalue weighted by molar-refractivity contribution is 7.99. The van der Waals surface area contributed by atoms with Gasteiger partial charge in [-0.25, -0.2) is 0 Å². The second kappa shape index (κ2) is 7.05. The Kier molecular flexibility index (Phi) is 4.86. The average molecular weight is 340 g/mol.